The molecule has 0 aromatic carbocycles. The molecule has 0 spiro atoms. The van der Waals surface area contributed by atoms with Crippen LogP contribution in [0.25, 0.3) is 0 Å². The second kappa shape index (κ2) is 16.1. The Kier molecular flexibility index (Phi) is 13.2. The highest BCUT2D eigenvalue weighted by atomic mass is 16.5. The Morgan fingerprint density at radius 2 is 1.86 bits per heavy atom. The van der Waals surface area contributed by atoms with Crippen molar-refractivity contribution in [1.82, 2.24) is 15.2 Å². The van der Waals surface area contributed by atoms with Crippen LogP contribution in [0.2, 0.25) is 0 Å². The highest BCUT2D eigenvalue weighted by Gasteiger charge is 2.52. The van der Waals surface area contributed by atoms with Crippen LogP contribution in [0.4, 0.5) is 5.69 Å². The lowest BCUT2D eigenvalue weighted by Gasteiger charge is -2.53. The summed E-state index contributed by atoms with van der Waals surface area (Å²) in [6.07, 6.45) is 8.77. The number of piperidine rings is 1. The molecule has 11 heteroatoms. The van der Waals surface area contributed by atoms with Crippen molar-refractivity contribution in [3.8, 4) is 0 Å². The maximum absolute atomic E-state index is 13.6. The van der Waals surface area contributed by atoms with Gasteiger partial charge in [-0.05, 0) is 50.2 Å². The fraction of sp³-hybridized carbons (Fsp3) is 0.680. The Morgan fingerprint density at radius 1 is 1.19 bits per heavy atom. The van der Waals surface area contributed by atoms with Crippen molar-refractivity contribution < 1.29 is 34.1 Å². The summed E-state index contributed by atoms with van der Waals surface area (Å²) in [4.78, 5) is 39.4. The van der Waals surface area contributed by atoms with Crippen LogP contribution in [0.3, 0.4) is 0 Å². The molecule has 3 N–H and O–H groups in total. The first kappa shape index (κ1) is 29.5. The first-order chi connectivity index (χ1) is 17.6. The Bertz CT molecular complexity index is 773. The molecular weight excluding hydrogens is 468 g/mol. The molecule has 2 aliphatic heterocycles. The zero-order chi connectivity index (χ0) is 26.2. The summed E-state index contributed by atoms with van der Waals surface area (Å²) >= 11 is 0. The predicted molar refractivity (Wildman–Crippen MR) is 134 cm³/mol. The average Bonchev–Trinajstić information content (AvgIpc) is 2.92. The number of pyridine rings is 1. The smallest absolute Gasteiger partial charge is 0.290 e. The molecule has 1 aromatic rings. The van der Waals surface area contributed by atoms with Gasteiger partial charge in [-0.15, -0.1) is 0 Å². The highest BCUT2D eigenvalue weighted by Crippen LogP contribution is 2.48. The number of carbonyl (C=O) groups is 3. The van der Waals surface area contributed by atoms with Crippen molar-refractivity contribution >= 4 is 24.5 Å². The van der Waals surface area contributed by atoms with Crippen molar-refractivity contribution in [2.24, 2.45) is 11.3 Å². The summed E-state index contributed by atoms with van der Waals surface area (Å²) < 4.78 is 10.7. The molecule has 3 aliphatic rings. The minimum absolute atomic E-state index is 0.239. The summed E-state index contributed by atoms with van der Waals surface area (Å²) in [7, 11) is 1.71. The number of methoxy groups -OCH3 is 1. The zero-order valence-electron chi connectivity index (χ0n) is 21.1. The van der Waals surface area contributed by atoms with Gasteiger partial charge in [0.1, 0.15) is 0 Å². The van der Waals surface area contributed by atoms with Gasteiger partial charge >= 0.3 is 0 Å². The zero-order valence-corrected chi connectivity index (χ0v) is 21.1. The van der Waals surface area contributed by atoms with Crippen LogP contribution in [-0.2, 0) is 23.9 Å². The fourth-order valence-corrected chi connectivity index (χ4v) is 5.65. The molecule has 3 fully saturated rings. The normalized spacial score (nSPS) is 25.6. The monoisotopic (exact) mass is 508 g/mol. The standard InChI is InChI=1S/C23H36N4O3.2CH2O2/c1-29-14-2-8-25-22(28)23-7-3-21(26-12-15-30-16-13-26)17-19(23)6-11-27(18-23)20-4-9-24-10-5-20;2*2-1-3/h4-5,9-10,19,21H,2-3,6-8,11-18H2,1H3,(H,25,28);2*1H,(H,2,3)/t19-,21+,23-;;/m1../s1. The van der Waals surface area contributed by atoms with E-state index in [-0.39, 0.29) is 24.3 Å². The number of hydrogen-bond acceptors (Lipinski definition) is 8. The van der Waals surface area contributed by atoms with Crippen LogP contribution < -0.4 is 10.2 Å². The van der Waals surface area contributed by atoms with E-state index >= 15 is 0 Å². The third kappa shape index (κ3) is 8.14. The molecule has 11 nitrogen and oxygen atoms in total. The van der Waals surface area contributed by atoms with E-state index in [1.165, 1.54) is 5.69 Å². The first-order valence-corrected chi connectivity index (χ1v) is 12.5. The number of aromatic nitrogens is 1. The molecule has 1 amide bonds. The topological polar surface area (TPSA) is 142 Å². The lowest BCUT2D eigenvalue weighted by molar-refractivity contribution is -0.139. The molecule has 202 valence electrons. The summed E-state index contributed by atoms with van der Waals surface area (Å²) in [6, 6.07) is 4.70. The number of ether oxygens (including phenoxy) is 2. The molecule has 0 unspecified atom stereocenters. The Balaban J connectivity index is 0.000000693. The third-order valence-electron chi connectivity index (χ3n) is 7.34. The largest absolute Gasteiger partial charge is 0.483 e. The average molecular weight is 509 g/mol. The number of rotatable bonds is 7. The number of fused-ring (bicyclic) bond motifs is 1. The fourth-order valence-electron chi connectivity index (χ4n) is 5.65. The van der Waals surface area contributed by atoms with Crippen molar-refractivity contribution in [2.45, 2.75) is 38.1 Å². The van der Waals surface area contributed by atoms with Gasteiger partial charge in [0.15, 0.2) is 0 Å². The molecule has 2 saturated heterocycles. The summed E-state index contributed by atoms with van der Waals surface area (Å²) in [5.74, 6) is 0.669. The maximum atomic E-state index is 13.6. The summed E-state index contributed by atoms with van der Waals surface area (Å²) in [6.45, 7) is 6.39. The molecule has 1 saturated carbocycles. The van der Waals surface area contributed by atoms with Crippen LogP contribution in [0.15, 0.2) is 24.5 Å². The van der Waals surface area contributed by atoms with E-state index in [1.807, 2.05) is 12.4 Å². The minimum Gasteiger partial charge on any atom is -0.483 e. The van der Waals surface area contributed by atoms with Crippen LogP contribution in [-0.4, -0.2) is 105 Å². The van der Waals surface area contributed by atoms with E-state index in [2.05, 4.69) is 32.2 Å². The van der Waals surface area contributed by atoms with Crippen LogP contribution in [0.1, 0.15) is 32.1 Å². The molecule has 3 heterocycles. The van der Waals surface area contributed by atoms with E-state index in [0.717, 1.165) is 71.5 Å². The minimum atomic E-state index is -0.308. The summed E-state index contributed by atoms with van der Waals surface area (Å²) in [5.41, 5.74) is 0.863. The molecule has 3 atom stereocenters. The van der Waals surface area contributed by atoms with Gasteiger partial charge in [-0.3, -0.25) is 24.3 Å². The van der Waals surface area contributed by atoms with Gasteiger partial charge in [0.25, 0.3) is 12.9 Å². The lowest BCUT2D eigenvalue weighted by Crippen LogP contribution is -2.61. The molecule has 0 radical (unpaired) electrons. The van der Waals surface area contributed by atoms with Gasteiger partial charge in [-0.2, -0.15) is 0 Å². The maximum Gasteiger partial charge on any atom is 0.290 e. The Labute approximate surface area is 212 Å². The van der Waals surface area contributed by atoms with Gasteiger partial charge < -0.3 is 29.9 Å². The van der Waals surface area contributed by atoms with Crippen molar-refractivity contribution in [1.29, 1.82) is 0 Å². The Hall–Kier alpha value is -2.76. The number of carboxylic acid groups (broad SMARTS) is 2. The van der Waals surface area contributed by atoms with Gasteiger partial charge in [0.2, 0.25) is 5.91 Å². The van der Waals surface area contributed by atoms with Gasteiger partial charge in [-0.25, -0.2) is 0 Å². The Morgan fingerprint density at radius 3 is 2.50 bits per heavy atom. The van der Waals surface area contributed by atoms with Crippen molar-refractivity contribution in [2.75, 3.05) is 64.6 Å². The molecule has 1 aromatic heterocycles. The summed E-state index contributed by atoms with van der Waals surface area (Å²) in [5, 5.41) is 17.0. The second-order valence-electron chi connectivity index (χ2n) is 9.16. The van der Waals surface area contributed by atoms with Crippen molar-refractivity contribution in [3.05, 3.63) is 24.5 Å². The number of hydrogen-bond donors (Lipinski definition) is 3. The lowest BCUT2D eigenvalue weighted by atomic mass is 9.60. The number of anilines is 1. The number of morpholine rings is 1. The highest BCUT2D eigenvalue weighted by molar-refractivity contribution is 5.84. The van der Waals surface area contributed by atoms with Crippen molar-refractivity contribution in [3.63, 3.8) is 0 Å². The van der Waals surface area contributed by atoms with E-state index in [0.29, 0.717) is 25.1 Å². The molecular formula is C25H40N4O7. The quantitative estimate of drug-likeness (QED) is 0.365. The second-order valence-corrected chi connectivity index (χ2v) is 9.16. The number of nitrogens with zero attached hydrogens (tertiary/aromatic N) is 3. The van der Waals surface area contributed by atoms with Crippen LogP contribution >= 0.6 is 0 Å². The SMILES string of the molecule is COCCCNC(=O)[C@@]12CC[C@H](N3CCOCC3)C[C@H]1CCN(c1ccncc1)C2.O=CO.O=CO. The van der Waals surface area contributed by atoms with E-state index < -0.39 is 0 Å². The van der Waals surface area contributed by atoms with E-state index in [9.17, 15) is 4.79 Å². The van der Waals surface area contributed by atoms with E-state index in [1.54, 1.807) is 7.11 Å². The van der Waals surface area contributed by atoms with Crippen LogP contribution in [0.5, 0.6) is 0 Å². The number of nitrogens with one attached hydrogen (secondary N) is 1. The van der Waals surface area contributed by atoms with Gasteiger partial charge in [0.05, 0.1) is 18.6 Å². The molecule has 4 rings (SSSR count). The molecule has 1 aliphatic carbocycles. The number of amides is 1. The number of carbonyl (C=O) groups excluding carboxylic acids is 1. The first-order valence-electron chi connectivity index (χ1n) is 12.5. The molecule has 36 heavy (non-hydrogen) atoms. The van der Waals surface area contributed by atoms with Gasteiger partial charge in [0, 0.05) is 70.6 Å². The predicted octanol–water partition coefficient (Wildman–Crippen LogP) is 1.33. The van der Waals surface area contributed by atoms with E-state index in [4.69, 9.17) is 29.3 Å². The van der Waals surface area contributed by atoms with Crippen LogP contribution in [0, 0.1) is 11.3 Å². The van der Waals surface area contributed by atoms with Gasteiger partial charge in [-0.1, -0.05) is 0 Å². The third-order valence-corrected chi connectivity index (χ3v) is 7.34. The molecule has 0 bridgehead atoms.